The smallest absolute Gasteiger partial charge is 0.284 e. The van der Waals surface area contributed by atoms with Crippen molar-refractivity contribution in [3.63, 3.8) is 0 Å². The second kappa shape index (κ2) is 4.00. The molecule has 0 fully saturated rings. The van der Waals surface area contributed by atoms with E-state index >= 15 is 0 Å². The van der Waals surface area contributed by atoms with Crippen molar-refractivity contribution in [1.82, 2.24) is 0 Å². The number of halogens is 3. The van der Waals surface area contributed by atoms with Gasteiger partial charge in [-0.3, -0.25) is 8.74 Å². The van der Waals surface area contributed by atoms with Gasteiger partial charge in [0.1, 0.15) is 0 Å². The summed E-state index contributed by atoms with van der Waals surface area (Å²) in [6.45, 7) is 0. The minimum absolute atomic E-state index is 1.73. The first-order valence-electron chi connectivity index (χ1n) is 2.80. The van der Waals surface area contributed by atoms with Gasteiger partial charge in [-0.15, -0.1) is 0 Å². The summed E-state index contributed by atoms with van der Waals surface area (Å²) in [4.78, 5) is 0. The van der Waals surface area contributed by atoms with Crippen molar-refractivity contribution in [2.45, 2.75) is 6.18 Å². The summed E-state index contributed by atoms with van der Waals surface area (Å²) in [5.74, 6) is -4.04. The van der Waals surface area contributed by atoms with E-state index in [0.29, 0.717) is 0 Å². The molecule has 0 heterocycles. The third-order valence-corrected chi connectivity index (χ3v) is 2.44. The number of hydrogen-bond acceptors (Lipinski definition) is 5. The molecule has 0 amide bonds. The first kappa shape index (κ1) is 13.6. The number of hydrogen-bond donors (Lipinski definition) is 1. The molecule has 0 bridgehead atoms. The van der Waals surface area contributed by atoms with Gasteiger partial charge in [-0.25, -0.2) is 0 Å². The quantitative estimate of drug-likeness (QED) is 0.551. The van der Waals surface area contributed by atoms with Crippen LogP contribution in [-0.2, 0) is 24.4 Å². The first-order valence-corrected chi connectivity index (χ1v) is 5.99. The topological polar surface area (TPSA) is 97.7 Å². The van der Waals surface area contributed by atoms with Crippen LogP contribution in [0.5, 0.6) is 0 Å². The number of alkyl halides is 3. The molecular formula is C3H5F3O6S2. The van der Waals surface area contributed by atoms with Crippen LogP contribution < -0.4 is 0 Å². The first-order chi connectivity index (χ1) is 5.91. The van der Waals surface area contributed by atoms with Crippen LogP contribution in [0.2, 0.25) is 0 Å². The maximum atomic E-state index is 11.5. The molecule has 0 unspecified atom stereocenters. The van der Waals surface area contributed by atoms with Gasteiger partial charge in [-0.1, -0.05) is 0 Å². The van der Waals surface area contributed by atoms with Crippen molar-refractivity contribution in [3.05, 3.63) is 0 Å². The summed E-state index contributed by atoms with van der Waals surface area (Å²) in [6.07, 6.45) is -5.03. The predicted octanol–water partition coefficient (Wildman–Crippen LogP) is -0.260. The van der Waals surface area contributed by atoms with Crippen LogP contribution in [0.1, 0.15) is 0 Å². The molecule has 0 aromatic heterocycles. The van der Waals surface area contributed by atoms with E-state index in [2.05, 4.69) is 4.18 Å². The summed E-state index contributed by atoms with van der Waals surface area (Å²) in [7, 11) is -9.82. The Labute approximate surface area is 77.5 Å². The Hall–Kier alpha value is -0.390. The molecule has 0 atom stereocenters. The minimum Gasteiger partial charge on any atom is -0.284 e. The lowest BCUT2D eigenvalue weighted by Crippen LogP contribution is -2.26. The second-order valence-electron chi connectivity index (χ2n) is 2.13. The van der Waals surface area contributed by atoms with Crippen molar-refractivity contribution in [3.8, 4) is 0 Å². The number of rotatable bonds is 4. The van der Waals surface area contributed by atoms with Crippen molar-refractivity contribution in [1.29, 1.82) is 0 Å². The van der Waals surface area contributed by atoms with Crippen molar-refractivity contribution in [2.75, 3.05) is 11.7 Å². The third-order valence-electron chi connectivity index (χ3n) is 0.717. The van der Waals surface area contributed by atoms with Gasteiger partial charge < -0.3 is 0 Å². The largest absolute Gasteiger partial charge is 0.405 e. The lowest BCUT2D eigenvalue weighted by Gasteiger charge is -2.06. The van der Waals surface area contributed by atoms with E-state index in [1.54, 1.807) is 0 Å². The second-order valence-corrected chi connectivity index (χ2v) is 5.17. The molecule has 0 radical (unpaired) electrons. The lowest BCUT2D eigenvalue weighted by molar-refractivity contribution is -0.107. The zero-order valence-electron chi connectivity index (χ0n) is 6.35. The van der Waals surface area contributed by atoms with Crippen molar-refractivity contribution in [2.24, 2.45) is 0 Å². The molecule has 86 valence electrons. The lowest BCUT2D eigenvalue weighted by atomic mass is 10.8. The molecule has 11 heteroatoms. The van der Waals surface area contributed by atoms with Crippen LogP contribution in [0.3, 0.4) is 0 Å². The molecular weight excluding hydrogens is 253 g/mol. The van der Waals surface area contributed by atoms with Crippen LogP contribution in [-0.4, -0.2) is 39.3 Å². The van der Waals surface area contributed by atoms with E-state index in [0.717, 1.165) is 0 Å². The Morgan fingerprint density at radius 3 is 1.86 bits per heavy atom. The van der Waals surface area contributed by atoms with Gasteiger partial charge in [0.05, 0.1) is 0 Å². The molecule has 0 saturated heterocycles. The maximum Gasteiger partial charge on any atom is 0.405 e. The van der Waals surface area contributed by atoms with E-state index < -0.39 is 38.1 Å². The molecule has 0 saturated carbocycles. The van der Waals surface area contributed by atoms with Crippen molar-refractivity contribution >= 4 is 20.2 Å². The third kappa shape index (κ3) is 8.22. The molecule has 0 spiro atoms. The van der Waals surface area contributed by atoms with Crippen LogP contribution in [0, 0.1) is 0 Å². The van der Waals surface area contributed by atoms with Crippen LogP contribution in [0.25, 0.3) is 0 Å². The summed E-state index contributed by atoms with van der Waals surface area (Å²) in [5.41, 5.74) is 0. The SMILES string of the molecule is O=S(=O)(O)COS(=O)(=O)CC(F)(F)F. The summed E-state index contributed by atoms with van der Waals surface area (Å²) < 4.78 is 86.5. The van der Waals surface area contributed by atoms with E-state index in [1.807, 2.05) is 0 Å². The van der Waals surface area contributed by atoms with Crippen molar-refractivity contribution < 1.29 is 38.7 Å². The maximum absolute atomic E-state index is 11.5. The molecule has 14 heavy (non-hydrogen) atoms. The highest BCUT2D eigenvalue weighted by Gasteiger charge is 2.36. The molecule has 1 N–H and O–H groups in total. The molecule has 6 nitrogen and oxygen atoms in total. The Morgan fingerprint density at radius 2 is 1.57 bits per heavy atom. The Morgan fingerprint density at radius 1 is 1.14 bits per heavy atom. The zero-order chi connectivity index (χ0) is 11.6. The summed E-state index contributed by atoms with van der Waals surface area (Å²) in [6, 6.07) is 0. The molecule has 0 aliphatic heterocycles. The summed E-state index contributed by atoms with van der Waals surface area (Å²) >= 11 is 0. The predicted molar refractivity (Wildman–Crippen MR) is 37.3 cm³/mol. The Balaban J connectivity index is 4.39. The molecule has 0 rings (SSSR count). The molecule has 0 aromatic rings. The van der Waals surface area contributed by atoms with E-state index in [9.17, 15) is 30.0 Å². The summed E-state index contributed by atoms with van der Waals surface area (Å²) in [5, 5.41) is 0. The highest BCUT2D eigenvalue weighted by Crippen LogP contribution is 2.18. The van der Waals surface area contributed by atoms with E-state index in [1.165, 1.54) is 0 Å². The van der Waals surface area contributed by atoms with Gasteiger partial charge in [0, 0.05) is 0 Å². The van der Waals surface area contributed by atoms with Gasteiger partial charge in [0.15, 0.2) is 11.7 Å². The molecule has 0 aromatic carbocycles. The average molecular weight is 258 g/mol. The van der Waals surface area contributed by atoms with Crippen LogP contribution in [0.4, 0.5) is 13.2 Å². The van der Waals surface area contributed by atoms with E-state index in [-0.39, 0.29) is 0 Å². The monoisotopic (exact) mass is 258 g/mol. The Kier molecular flexibility index (Phi) is 3.89. The van der Waals surface area contributed by atoms with Crippen LogP contribution in [0.15, 0.2) is 0 Å². The zero-order valence-corrected chi connectivity index (χ0v) is 7.99. The standard InChI is InChI=1S/C3H5F3O6S2/c4-3(5,6)1-14(10,11)12-2-13(7,8)9/h1-2H2,(H,7,8,9). The Bertz CT molecular complexity index is 377. The fraction of sp³-hybridized carbons (Fsp3) is 1.00. The van der Waals surface area contributed by atoms with Gasteiger partial charge >= 0.3 is 6.18 Å². The normalized spacial score (nSPS) is 14.3. The molecule has 0 aliphatic rings. The fourth-order valence-electron chi connectivity index (χ4n) is 0.376. The van der Waals surface area contributed by atoms with Crippen LogP contribution >= 0.6 is 0 Å². The van der Waals surface area contributed by atoms with Gasteiger partial charge in [0.2, 0.25) is 0 Å². The van der Waals surface area contributed by atoms with Gasteiger partial charge in [-0.05, 0) is 0 Å². The van der Waals surface area contributed by atoms with Gasteiger partial charge in [-0.2, -0.15) is 30.0 Å². The average Bonchev–Trinajstić information content (AvgIpc) is 1.76. The van der Waals surface area contributed by atoms with E-state index in [4.69, 9.17) is 4.55 Å². The minimum atomic E-state index is -5.04. The van der Waals surface area contributed by atoms with Gasteiger partial charge in [0.25, 0.3) is 20.2 Å². The molecule has 0 aliphatic carbocycles. The highest BCUT2D eigenvalue weighted by molar-refractivity contribution is 7.89. The highest BCUT2D eigenvalue weighted by atomic mass is 32.2. The fourth-order valence-corrected chi connectivity index (χ4v) is 1.93.